The summed E-state index contributed by atoms with van der Waals surface area (Å²) in [7, 11) is 0. The standard InChI is InChI=1S/C12H19N3O2/c1-8-5-12(16)15(9(2)14-8)6-11(13)10-3-4-17-7-10/h5,10-11H,3-4,6-7,13H2,1-2H3. The lowest BCUT2D eigenvalue weighted by atomic mass is 10.00. The Kier molecular flexibility index (Phi) is 3.59. The first-order valence-corrected chi connectivity index (χ1v) is 5.96. The zero-order chi connectivity index (χ0) is 12.4. The van der Waals surface area contributed by atoms with Crippen LogP contribution in [0.3, 0.4) is 0 Å². The molecule has 1 fully saturated rings. The zero-order valence-electron chi connectivity index (χ0n) is 10.3. The molecular weight excluding hydrogens is 218 g/mol. The minimum Gasteiger partial charge on any atom is -0.381 e. The Labute approximate surface area is 101 Å². The average Bonchev–Trinajstić information content (AvgIpc) is 2.76. The normalized spacial score (nSPS) is 21.7. The Morgan fingerprint density at radius 3 is 3.00 bits per heavy atom. The van der Waals surface area contributed by atoms with E-state index in [1.807, 2.05) is 13.8 Å². The van der Waals surface area contributed by atoms with Crippen molar-refractivity contribution in [1.82, 2.24) is 9.55 Å². The summed E-state index contributed by atoms with van der Waals surface area (Å²) in [4.78, 5) is 16.1. The third-order valence-corrected chi connectivity index (χ3v) is 3.29. The molecule has 1 aromatic rings. The number of aryl methyl sites for hydroxylation is 2. The van der Waals surface area contributed by atoms with Crippen LogP contribution < -0.4 is 11.3 Å². The van der Waals surface area contributed by atoms with Gasteiger partial charge in [-0.2, -0.15) is 0 Å². The summed E-state index contributed by atoms with van der Waals surface area (Å²) in [6, 6.07) is 1.50. The Hall–Kier alpha value is -1.20. The van der Waals surface area contributed by atoms with Crippen LogP contribution in [0.4, 0.5) is 0 Å². The highest BCUT2D eigenvalue weighted by Gasteiger charge is 2.23. The molecule has 1 saturated heterocycles. The Bertz CT molecular complexity index is 450. The van der Waals surface area contributed by atoms with Crippen LogP contribution in [0.2, 0.25) is 0 Å². The third-order valence-electron chi connectivity index (χ3n) is 3.29. The number of aromatic nitrogens is 2. The lowest BCUT2D eigenvalue weighted by Crippen LogP contribution is -2.39. The Morgan fingerprint density at radius 1 is 1.65 bits per heavy atom. The fourth-order valence-corrected chi connectivity index (χ4v) is 2.24. The van der Waals surface area contributed by atoms with Crippen molar-refractivity contribution in [3.8, 4) is 0 Å². The van der Waals surface area contributed by atoms with Gasteiger partial charge < -0.3 is 10.5 Å². The average molecular weight is 237 g/mol. The van der Waals surface area contributed by atoms with E-state index in [0.29, 0.717) is 19.1 Å². The molecule has 0 spiro atoms. The van der Waals surface area contributed by atoms with E-state index in [1.165, 1.54) is 0 Å². The summed E-state index contributed by atoms with van der Waals surface area (Å²) >= 11 is 0. The Balaban J connectivity index is 2.15. The van der Waals surface area contributed by atoms with E-state index in [1.54, 1.807) is 10.6 Å². The van der Waals surface area contributed by atoms with Gasteiger partial charge in [0.25, 0.3) is 5.56 Å². The monoisotopic (exact) mass is 237 g/mol. The van der Waals surface area contributed by atoms with Crippen LogP contribution in [-0.4, -0.2) is 28.8 Å². The highest BCUT2D eigenvalue weighted by molar-refractivity contribution is 5.02. The topological polar surface area (TPSA) is 70.1 Å². The minimum absolute atomic E-state index is 0.0237. The lowest BCUT2D eigenvalue weighted by molar-refractivity contribution is 0.178. The molecule has 0 aromatic carbocycles. The van der Waals surface area contributed by atoms with Crippen molar-refractivity contribution < 1.29 is 4.74 Å². The Morgan fingerprint density at radius 2 is 2.41 bits per heavy atom. The smallest absolute Gasteiger partial charge is 0.253 e. The highest BCUT2D eigenvalue weighted by atomic mass is 16.5. The quantitative estimate of drug-likeness (QED) is 0.816. The number of hydrogen-bond donors (Lipinski definition) is 1. The molecule has 2 atom stereocenters. The van der Waals surface area contributed by atoms with Crippen LogP contribution >= 0.6 is 0 Å². The van der Waals surface area contributed by atoms with Crippen LogP contribution in [0, 0.1) is 19.8 Å². The van der Waals surface area contributed by atoms with E-state index in [2.05, 4.69) is 4.98 Å². The van der Waals surface area contributed by atoms with Gasteiger partial charge in [0.15, 0.2) is 0 Å². The molecule has 1 aliphatic rings. The summed E-state index contributed by atoms with van der Waals surface area (Å²) in [5.41, 5.74) is 6.85. The second-order valence-electron chi connectivity index (χ2n) is 4.68. The number of nitrogens with two attached hydrogens (primary N) is 1. The first-order valence-electron chi connectivity index (χ1n) is 5.96. The molecule has 1 aliphatic heterocycles. The van der Waals surface area contributed by atoms with Crippen molar-refractivity contribution in [1.29, 1.82) is 0 Å². The van der Waals surface area contributed by atoms with Crippen LogP contribution in [0.1, 0.15) is 17.9 Å². The summed E-state index contributed by atoms with van der Waals surface area (Å²) < 4.78 is 6.96. The summed E-state index contributed by atoms with van der Waals surface area (Å²) in [5.74, 6) is 1.08. The highest BCUT2D eigenvalue weighted by Crippen LogP contribution is 2.16. The van der Waals surface area contributed by atoms with Crippen molar-refractivity contribution in [2.45, 2.75) is 32.9 Å². The minimum atomic E-state index is -0.0431. The van der Waals surface area contributed by atoms with Gasteiger partial charge in [-0.15, -0.1) is 0 Å². The molecule has 17 heavy (non-hydrogen) atoms. The number of ether oxygens (including phenoxy) is 1. The predicted molar refractivity (Wildman–Crippen MR) is 64.9 cm³/mol. The van der Waals surface area contributed by atoms with Crippen LogP contribution in [-0.2, 0) is 11.3 Å². The molecule has 94 valence electrons. The third kappa shape index (κ3) is 2.73. The molecule has 0 bridgehead atoms. The number of rotatable bonds is 3. The van der Waals surface area contributed by atoms with Gasteiger partial charge in [-0.3, -0.25) is 9.36 Å². The van der Waals surface area contributed by atoms with Gasteiger partial charge in [0, 0.05) is 36.9 Å². The van der Waals surface area contributed by atoms with E-state index in [0.717, 1.165) is 24.5 Å². The molecule has 1 aromatic heterocycles. The van der Waals surface area contributed by atoms with Crippen molar-refractivity contribution in [3.05, 3.63) is 27.9 Å². The molecule has 5 heteroatoms. The van der Waals surface area contributed by atoms with Crippen LogP contribution in [0.5, 0.6) is 0 Å². The summed E-state index contributed by atoms with van der Waals surface area (Å²) in [6.45, 7) is 5.66. The zero-order valence-corrected chi connectivity index (χ0v) is 10.3. The number of hydrogen-bond acceptors (Lipinski definition) is 4. The van der Waals surface area contributed by atoms with E-state index in [-0.39, 0.29) is 11.6 Å². The molecule has 0 saturated carbocycles. The van der Waals surface area contributed by atoms with E-state index >= 15 is 0 Å². The summed E-state index contributed by atoms with van der Waals surface area (Å²) in [6.07, 6.45) is 0.980. The van der Waals surface area contributed by atoms with Crippen molar-refractivity contribution in [3.63, 3.8) is 0 Å². The maximum Gasteiger partial charge on any atom is 0.253 e. The molecule has 0 aliphatic carbocycles. The first kappa shape index (κ1) is 12.3. The van der Waals surface area contributed by atoms with Gasteiger partial charge in [0.2, 0.25) is 0 Å². The van der Waals surface area contributed by atoms with Gasteiger partial charge >= 0.3 is 0 Å². The maximum atomic E-state index is 11.8. The van der Waals surface area contributed by atoms with Gasteiger partial charge in [-0.1, -0.05) is 0 Å². The number of nitrogens with zero attached hydrogens (tertiary/aromatic N) is 2. The largest absolute Gasteiger partial charge is 0.381 e. The van der Waals surface area contributed by atoms with Crippen LogP contribution in [0.15, 0.2) is 10.9 Å². The van der Waals surface area contributed by atoms with E-state index in [4.69, 9.17) is 10.5 Å². The SMILES string of the molecule is Cc1cc(=O)n(CC(N)C2CCOC2)c(C)n1. The molecule has 2 N–H and O–H groups in total. The van der Waals surface area contributed by atoms with Crippen molar-refractivity contribution in [2.75, 3.05) is 13.2 Å². The molecule has 2 heterocycles. The molecular formula is C12H19N3O2. The van der Waals surface area contributed by atoms with E-state index < -0.39 is 0 Å². The lowest BCUT2D eigenvalue weighted by Gasteiger charge is -2.19. The second kappa shape index (κ2) is 4.98. The summed E-state index contributed by atoms with van der Waals surface area (Å²) in [5, 5.41) is 0. The molecule has 0 radical (unpaired) electrons. The van der Waals surface area contributed by atoms with Crippen LogP contribution in [0.25, 0.3) is 0 Å². The van der Waals surface area contributed by atoms with Gasteiger partial charge in [-0.25, -0.2) is 4.98 Å². The molecule has 2 unspecified atom stereocenters. The van der Waals surface area contributed by atoms with E-state index in [9.17, 15) is 4.79 Å². The predicted octanol–water partition coefficient (Wildman–Crippen LogP) is 0.224. The molecule has 5 nitrogen and oxygen atoms in total. The van der Waals surface area contributed by atoms with Gasteiger partial charge in [0.05, 0.1) is 6.61 Å². The molecule has 2 rings (SSSR count). The first-order chi connectivity index (χ1) is 8.08. The van der Waals surface area contributed by atoms with Crippen molar-refractivity contribution in [2.24, 2.45) is 11.7 Å². The second-order valence-corrected chi connectivity index (χ2v) is 4.68. The maximum absolute atomic E-state index is 11.8. The van der Waals surface area contributed by atoms with Gasteiger partial charge in [0.1, 0.15) is 5.82 Å². The van der Waals surface area contributed by atoms with Gasteiger partial charge in [-0.05, 0) is 20.3 Å². The van der Waals surface area contributed by atoms with Crippen molar-refractivity contribution >= 4 is 0 Å². The molecule has 0 amide bonds. The fourth-order valence-electron chi connectivity index (χ4n) is 2.24. The fraction of sp³-hybridized carbons (Fsp3) is 0.667.